The second kappa shape index (κ2) is 4.87. The largest absolute Gasteiger partial charge is 0.310 e. The van der Waals surface area contributed by atoms with Gasteiger partial charge in [0.05, 0.1) is 0 Å². The topological polar surface area (TPSA) is 18.5 Å². The molecule has 0 amide bonds. The zero-order valence-corrected chi connectivity index (χ0v) is 11.4. The van der Waals surface area contributed by atoms with Crippen molar-refractivity contribution in [2.75, 3.05) is 27.2 Å². The van der Waals surface area contributed by atoms with E-state index in [2.05, 4.69) is 29.2 Å². The van der Waals surface area contributed by atoms with Crippen molar-refractivity contribution in [1.82, 2.24) is 15.1 Å². The standard InChI is InChI=1S/C14H27N3/c1-16-7-6-11(10-16)15-12-8-13-4-3-5-14(9-12)17(13)2/h11-15H,3-10H2,1-2H3. The summed E-state index contributed by atoms with van der Waals surface area (Å²) in [5.74, 6) is 0. The van der Waals surface area contributed by atoms with Crippen molar-refractivity contribution in [2.45, 2.75) is 62.7 Å². The summed E-state index contributed by atoms with van der Waals surface area (Å²) in [5, 5.41) is 3.93. The van der Waals surface area contributed by atoms with Crippen LogP contribution in [0.5, 0.6) is 0 Å². The number of likely N-dealkylation sites (N-methyl/N-ethyl adjacent to an activating group) is 1. The van der Waals surface area contributed by atoms with Gasteiger partial charge in [0.25, 0.3) is 0 Å². The predicted octanol–water partition coefficient (Wildman–Crippen LogP) is 1.30. The van der Waals surface area contributed by atoms with Crippen molar-refractivity contribution in [1.29, 1.82) is 0 Å². The van der Waals surface area contributed by atoms with Gasteiger partial charge in [-0.15, -0.1) is 0 Å². The van der Waals surface area contributed by atoms with Crippen LogP contribution < -0.4 is 5.32 Å². The molecule has 3 aliphatic heterocycles. The molecule has 0 aromatic carbocycles. The maximum Gasteiger partial charge on any atom is 0.0209 e. The third-order valence-corrected chi connectivity index (χ3v) is 5.20. The molecule has 3 aliphatic rings. The molecule has 0 radical (unpaired) electrons. The van der Waals surface area contributed by atoms with Crippen LogP contribution in [0.15, 0.2) is 0 Å². The quantitative estimate of drug-likeness (QED) is 0.781. The second-order valence-electron chi connectivity index (χ2n) is 6.49. The Morgan fingerprint density at radius 1 is 0.941 bits per heavy atom. The molecule has 0 saturated carbocycles. The molecule has 3 heteroatoms. The molecule has 3 heterocycles. The summed E-state index contributed by atoms with van der Waals surface area (Å²) in [4.78, 5) is 5.11. The minimum absolute atomic E-state index is 0.758. The Balaban J connectivity index is 1.55. The number of hydrogen-bond acceptors (Lipinski definition) is 3. The van der Waals surface area contributed by atoms with Gasteiger partial charge in [0, 0.05) is 30.7 Å². The molecule has 0 spiro atoms. The first kappa shape index (κ1) is 11.9. The fourth-order valence-corrected chi connectivity index (χ4v) is 4.16. The van der Waals surface area contributed by atoms with E-state index in [1.807, 2.05) is 0 Å². The minimum Gasteiger partial charge on any atom is -0.310 e. The third-order valence-electron chi connectivity index (χ3n) is 5.20. The number of hydrogen-bond donors (Lipinski definition) is 1. The van der Waals surface area contributed by atoms with Gasteiger partial charge in [0.1, 0.15) is 0 Å². The summed E-state index contributed by atoms with van der Waals surface area (Å²) >= 11 is 0. The highest BCUT2D eigenvalue weighted by Gasteiger charge is 2.36. The van der Waals surface area contributed by atoms with Gasteiger partial charge in [0.15, 0.2) is 0 Å². The molecule has 1 N–H and O–H groups in total. The first-order chi connectivity index (χ1) is 8.22. The zero-order chi connectivity index (χ0) is 11.8. The summed E-state index contributed by atoms with van der Waals surface area (Å²) in [6.45, 7) is 2.53. The molecule has 3 atom stereocenters. The molecule has 3 rings (SSSR count). The molecule has 3 saturated heterocycles. The van der Waals surface area contributed by atoms with Gasteiger partial charge >= 0.3 is 0 Å². The van der Waals surface area contributed by atoms with E-state index in [1.54, 1.807) is 0 Å². The van der Waals surface area contributed by atoms with Crippen LogP contribution in [-0.2, 0) is 0 Å². The number of fused-ring (bicyclic) bond motifs is 2. The van der Waals surface area contributed by atoms with E-state index < -0.39 is 0 Å². The number of nitrogens with one attached hydrogen (secondary N) is 1. The molecule has 98 valence electrons. The number of nitrogens with zero attached hydrogens (tertiary/aromatic N) is 2. The van der Waals surface area contributed by atoms with Crippen molar-refractivity contribution in [2.24, 2.45) is 0 Å². The lowest BCUT2D eigenvalue weighted by Crippen LogP contribution is -2.56. The smallest absolute Gasteiger partial charge is 0.0209 e. The van der Waals surface area contributed by atoms with E-state index in [0.29, 0.717) is 0 Å². The van der Waals surface area contributed by atoms with Gasteiger partial charge < -0.3 is 15.1 Å². The Bertz CT molecular complexity index is 254. The molecule has 3 unspecified atom stereocenters. The Morgan fingerprint density at radius 3 is 2.24 bits per heavy atom. The van der Waals surface area contributed by atoms with Gasteiger partial charge in [-0.05, 0) is 52.7 Å². The first-order valence-electron chi connectivity index (χ1n) is 7.39. The van der Waals surface area contributed by atoms with E-state index in [1.165, 1.54) is 51.6 Å². The van der Waals surface area contributed by atoms with E-state index >= 15 is 0 Å². The average Bonchev–Trinajstić information content (AvgIpc) is 2.66. The molecule has 17 heavy (non-hydrogen) atoms. The highest BCUT2D eigenvalue weighted by Crippen LogP contribution is 2.33. The van der Waals surface area contributed by atoms with Crippen molar-refractivity contribution < 1.29 is 0 Å². The predicted molar refractivity (Wildman–Crippen MR) is 71.2 cm³/mol. The fourth-order valence-electron chi connectivity index (χ4n) is 4.16. The number of rotatable bonds is 2. The lowest BCUT2D eigenvalue weighted by Gasteiger charge is -2.47. The van der Waals surface area contributed by atoms with Crippen LogP contribution in [-0.4, -0.2) is 61.2 Å². The van der Waals surface area contributed by atoms with Crippen LogP contribution in [0, 0.1) is 0 Å². The highest BCUT2D eigenvalue weighted by atomic mass is 15.2. The van der Waals surface area contributed by atoms with Gasteiger partial charge in [-0.3, -0.25) is 0 Å². The van der Waals surface area contributed by atoms with E-state index in [9.17, 15) is 0 Å². The normalized spacial score (nSPS) is 44.1. The van der Waals surface area contributed by atoms with Crippen LogP contribution >= 0.6 is 0 Å². The Hall–Kier alpha value is -0.120. The third kappa shape index (κ3) is 2.51. The molecule has 3 fully saturated rings. The Kier molecular flexibility index (Phi) is 3.42. The zero-order valence-electron chi connectivity index (χ0n) is 11.4. The van der Waals surface area contributed by atoms with Crippen LogP contribution in [0.3, 0.4) is 0 Å². The molecular formula is C14H27N3. The monoisotopic (exact) mass is 237 g/mol. The number of piperidine rings is 2. The lowest BCUT2D eigenvalue weighted by atomic mass is 9.82. The number of likely N-dealkylation sites (tertiary alicyclic amines) is 1. The minimum atomic E-state index is 0.758. The fraction of sp³-hybridized carbons (Fsp3) is 1.00. The molecular weight excluding hydrogens is 210 g/mol. The molecule has 2 bridgehead atoms. The molecule has 0 aromatic rings. The molecule has 3 nitrogen and oxygen atoms in total. The summed E-state index contributed by atoms with van der Waals surface area (Å²) in [6.07, 6.45) is 8.42. The SMILES string of the molecule is CN1CCC(NC2CC3CCCC(C2)N3C)C1. The first-order valence-corrected chi connectivity index (χ1v) is 7.39. The maximum absolute atomic E-state index is 3.93. The van der Waals surface area contributed by atoms with Gasteiger partial charge in [-0.1, -0.05) is 6.42 Å². The Morgan fingerprint density at radius 2 is 1.65 bits per heavy atom. The maximum atomic E-state index is 3.93. The van der Waals surface area contributed by atoms with Crippen LogP contribution in [0.4, 0.5) is 0 Å². The van der Waals surface area contributed by atoms with Crippen LogP contribution in [0.2, 0.25) is 0 Å². The van der Waals surface area contributed by atoms with E-state index in [-0.39, 0.29) is 0 Å². The van der Waals surface area contributed by atoms with Crippen LogP contribution in [0.1, 0.15) is 38.5 Å². The summed E-state index contributed by atoms with van der Waals surface area (Å²) in [5.41, 5.74) is 0. The van der Waals surface area contributed by atoms with Gasteiger partial charge in [-0.25, -0.2) is 0 Å². The highest BCUT2D eigenvalue weighted by molar-refractivity contribution is 4.95. The van der Waals surface area contributed by atoms with Crippen molar-refractivity contribution in [3.8, 4) is 0 Å². The van der Waals surface area contributed by atoms with Crippen LogP contribution in [0.25, 0.3) is 0 Å². The average molecular weight is 237 g/mol. The van der Waals surface area contributed by atoms with E-state index in [4.69, 9.17) is 0 Å². The molecule has 0 aromatic heterocycles. The summed E-state index contributed by atoms with van der Waals surface area (Å²) in [6, 6.07) is 3.27. The molecule has 0 aliphatic carbocycles. The van der Waals surface area contributed by atoms with Crippen molar-refractivity contribution >= 4 is 0 Å². The van der Waals surface area contributed by atoms with E-state index in [0.717, 1.165) is 24.2 Å². The Labute approximate surface area is 106 Å². The lowest BCUT2D eigenvalue weighted by molar-refractivity contribution is 0.0461. The second-order valence-corrected chi connectivity index (χ2v) is 6.49. The summed E-state index contributed by atoms with van der Waals surface area (Å²) in [7, 11) is 4.58. The van der Waals surface area contributed by atoms with Gasteiger partial charge in [-0.2, -0.15) is 0 Å². The van der Waals surface area contributed by atoms with Gasteiger partial charge in [0.2, 0.25) is 0 Å². The van der Waals surface area contributed by atoms with Crippen molar-refractivity contribution in [3.63, 3.8) is 0 Å². The summed E-state index contributed by atoms with van der Waals surface area (Å²) < 4.78 is 0. The van der Waals surface area contributed by atoms with Crippen molar-refractivity contribution in [3.05, 3.63) is 0 Å².